The average molecular weight is 235 g/mol. The summed E-state index contributed by atoms with van der Waals surface area (Å²) in [6.45, 7) is 4.32. The fourth-order valence-corrected chi connectivity index (χ4v) is 1.72. The Balaban J connectivity index is 2.40. The van der Waals surface area contributed by atoms with Crippen molar-refractivity contribution in [1.82, 2.24) is 25.1 Å². The summed E-state index contributed by atoms with van der Waals surface area (Å²) >= 11 is 5.12. The molecule has 16 heavy (non-hydrogen) atoms. The number of nitrogens with zero attached hydrogens (tertiary/aromatic N) is 3. The molecule has 0 bridgehead atoms. The second-order valence-corrected chi connectivity index (χ2v) is 4.44. The monoisotopic (exact) mass is 235 g/mol. The maximum Gasteiger partial charge on any atom is 0.191 e. The van der Waals surface area contributed by atoms with Crippen LogP contribution in [0, 0.1) is 10.6 Å². The van der Waals surface area contributed by atoms with Gasteiger partial charge in [0.1, 0.15) is 11.0 Å². The van der Waals surface area contributed by atoms with Crippen molar-refractivity contribution in [3.05, 3.63) is 22.7 Å². The normalized spacial score (nSPS) is 10.9. The number of nitrogens with one attached hydrogen (secondary N) is 2. The SMILES string of the molecule is CC(C)Cc1cc(=S)nc(-c2ncn[nH]2)[nH]1. The van der Waals surface area contributed by atoms with Crippen molar-refractivity contribution in [2.75, 3.05) is 0 Å². The van der Waals surface area contributed by atoms with Crippen LogP contribution >= 0.6 is 12.2 Å². The van der Waals surface area contributed by atoms with Gasteiger partial charge in [0, 0.05) is 5.69 Å². The molecule has 0 fully saturated rings. The van der Waals surface area contributed by atoms with Crippen LogP contribution < -0.4 is 0 Å². The highest BCUT2D eigenvalue weighted by molar-refractivity contribution is 7.71. The van der Waals surface area contributed by atoms with Gasteiger partial charge in [0.15, 0.2) is 11.6 Å². The molecule has 2 aromatic heterocycles. The first-order valence-electron chi connectivity index (χ1n) is 5.11. The van der Waals surface area contributed by atoms with Gasteiger partial charge in [-0.3, -0.25) is 5.10 Å². The third-order valence-corrected chi connectivity index (χ3v) is 2.28. The van der Waals surface area contributed by atoms with E-state index in [0.717, 1.165) is 12.1 Å². The molecule has 0 radical (unpaired) electrons. The van der Waals surface area contributed by atoms with Crippen molar-refractivity contribution >= 4 is 12.2 Å². The van der Waals surface area contributed by atoms with Crippen LogP contribution in [-0.4, -0.2) is 25.1 Å². The summed E-state index contributed by atoms with van der Waals surface area (Å²) in [4.78, 5) is 11.5. The Morgan fingerprint density at radius 3 is 2.81 bits per heavy atom. The minimum absolute atomic E-state index is 0.565. The Hall–Kier alpha value is -1.56. The quantitative estimate of drug-likeness (QED) is 0.799. The first kappa shape index (κ1) is 10.9. The van der Waals surface area contributed by atoms with Gasteiger partial charge in [0.2, 0.25) is 0 Å². The summed E-state index contributed by atoms with van der Waals surface area (Å²) in [6.07, 6.45) is 2.39. The van der Waals surface area contributed by atoms with Crippen LogP contribution in [0.4, 0.5) is 0 Å². The summed E-state index contributed by atoms with van der Waals surface area (Å²) in [5, 5.41) is 6.55. The minimum Gasteiger partial charge on any atom is -0.340 e. The molecule has 0 spiro atoms. The highest BCUT2D eigenvalue weighted by Gasteiger charge is 2.05. The number of H-pyrrole nitrogens is 2. The highest BCUT2D eigenvalue weighted by atomic mass is 32.1. The second-order valence-electron chi connectivity index (χ2n) is 4.03. The van der Waals surface area contributed by atoms with E-state index in [-0.39, 0.29) is 0 Å². The summed E-state index contributed by atoms with van der Waals surface area (Å²) in [5.41, 5.74) is 1.07. The Morgan fingerprint density at radius 1 is 1.38 bits per heavy atom. The van der Waals surface area contributed by atoms with Gasteiger partial charge >= 0.3 is 0 Å². The van der Waals surface area contributed by atoms with E-state index in [4.69, 9.17) is 12.2 Å². The molecule has 84 valence electrons. The van der Waals surface area contributed by atoms with Gasteiger partial charge in [-0.25, -0.2) is 9.97 Å². The Morgan fingerprint density at radius 2 is 2.19 bits per heavy atom. The van der Waals surface area contributed by atoms with Crippen LogP contribution in [0.25, 0.3) is 11.6 Å². The predicted octanol–water partition coefficient (Wildman–Crippen LogP) is 2.12. The van der Waals surface area contributed by atoms with E-state index in [1.165, 1.54) is 6.33 Å². The van der Waals surface area contributed by atoms with E-state index in [0.29, 0.717) is 22.2 Å². The predicted molar refractivity (Wildman–Crippen MR) is 63.3 cm³/mol. The zero-order valence-corrected chi connectivity index (χ0v) is 10.0. The van der Waals surface area contributed by atoms with E-state index >= 15 is 0 Å². The molecule has 0 aromatic carbocycles. The number of hydrogen-bond acceptors (Lipinski definition) is 4. The standard InChI is InChI=1S/C10H13N5S/c1-6(2)3-7-4-8(16)14-10(13-7)9-11-5-12-15-9/h4-6H,3H2,1-2H3,(H,11,12,15)(H,13,14,16). The van der Waals surface area contributed by atoms with E-state index in [9.17, 15) is 0 Å². The van der Waals surface area contributed by atoms with Gasteiger partial charge in [0.05, 0.1) is 0 Å². The molecule has 0 aliphatic rings. The maximum absolute atomic E-state index is 5.12. The molecular formula is C10H13N5S. The Bertz CT molecular complexity index is 514. The van der Waals surface area contributed by atoms with Crippen LogP contribution in [0.3, 0.4) is 0 Å². The zero-order chi connectivity index (χ0) is 11.5. The van der Waals surface area contributed by atoms with E-state index < -0.39 is 0 Å². The average Bonchev–Trinajstić information content (AvgIpc) is 2.67. The zero-order valence-electron chi connectivity index (χ0n) is 9.19. The third-order valence-electron chi connectivity index (χ3n) is 2.07. The van der Waals surface area contributed by atoms with Gasteiger partial charge in [-0.05, 0) is 18.4 Å². The fourth-order valence-electron chi connectivity index (χ4n) is 1.49. The molecule has 2 heterocycles. The van der Waals surface area contributed by atoms with Gasteiger partial charge in [-0.1, -0.05) is 26.1 Å². The molecule has 0 aliphatic heterocycles. The van der Waals surface area contributed by atoms with Crippen molar-refractivity contribution < 1.29 is 0 Å². The van der Waals surface area contributed by atoms with Crippen LogP contribution in [0.2, 0.25) is 0 Å². The van der Waals surface area contributed by atoms with E-state index in [2.05, 4.69) is 39.0 Å². The second kappa shape index (κ2) is 4.52. The van der Waals surface area contributed by atoms with Gasteiger partial charge in [-0.2, -0.15) is 5.10 Å². The van der Waals surface area contributed by atoms with E-state index in [1.807, 2.05) is 6.07 Å². The van der Waals surface area contributed by atoms with Crippen molar-refractivity contribution in [1.29, 1.82) is 0 Å². The molecule has 0 saturated carbocycles. The Labute approximate surface area is 98.4 Å². The van der Waals surface area contributed by atoms with Gasteiger partial charge < -0.3 is 4.98 Å². The van der Waals surface area contributed by atoms with Crippen LogP contribution in [0.1, 0.15) is 19.5 Å². The highest BCUT2D eigenvalue weighted by Crippen LogP contribution is 2.11. The van der Waals surface area contributed by atoms with Crippen molar-refractivity contribution in [2.45, 2.75) is 20.3 Å². The molecule has 2 N–H and O–H groups in total. The van der Waals surface area contributed by atoms with Gasteiger partial charge in [-0.15, -0.1) is 0 Å². The molecular weight excluding hydrogens is 222 g/mol. The minimum atomic E-state index is 0.565. The van der Waals surface area contributed by atoms with Crippen LogP contribution in [-0.2, 0) is 6.42 Å². The molecule has 5 nitrogen and oxygen atoms in total. The van der Waals surface area contributed by atoms with Crippen molar-refractivity contribution in [3.8, 4) is 11.6 Å². The molecule has 0 aliphatic carbocycles. The molecule has 0 amide bonds. The van der Waals surface area contributed by atoms with Crippen LogP contribution in [0.5, 0.6) is 0 Å². The lowest BCUT2D eigenvalue weighted by Crippen LogP contribution is -2.01. The largest absolute Gasteiger partial charge is 0.340 e. The summed E-state index contributed by atoms with van der Waals surface area (Å²) in [5.74, 6) is 1.81. The topological polar surface area (TPSA) is 70.2 Å². The molecule has 6 heteroatoms. The molecule has 0 atom stereocenters. The lowest BCUT2D eigenvalue weighted by Gasteiger charge is -2.06. The fraction of sp³-hybridized carbons (Fsp3) is 0.400. The summed E-state index contributed by atoms with van der Waals surface area (Å²) in [6, 6.07) is 1.88. The maximum atomic E-state index is 5.12. The summed E-state index contributed by atoms with van der Waals surface area (Å²) < 4.78 is 0.570. The molecule has 0 saturated heterocycles. The Kier molecular flexibility index (Phi) is 3.09. The number of aromatic nitrogens is 5. The van der Waals surface area contributed by atoms with Crippen molar-refractivity contribution in [2.24, 2.45) is 5.92 Å². The first-order valence-corrected chi connectivity index (χ1v) is 5.52. The smallest absolute Gasteiger partial charge is 0.191 e. The number of rotatable bonds is 3. The summed E-state index contributed by atoms with van der Waals surface area (Å²) in [7, 11) is 0. The molecule has 2 aromatic rings. The van der Waals surface area contributed by atoms with Gasteiger partial charge in [0.25, 0.3) is 0 Å². The van der Waals surface area contributed by atoms with Crippen LogP contribution in [0.15, 0.2) is 12.4 Å². The lowest BCUT2D eigenvalue weighted by molar-refractivity contribution is 0.634. The molecule has 2 rings (SSSR count). The number of hydrogen-bond donors (Lipinski definition) is 2. The van der Waals surface area contributed by atoms with E-state index in [1.54, 1.807) is 0 Å². The van der Waals surface area contributed by atoms with Crippen molar-refractivity contribution in [3.63, 3.8) is 0 Å². The third kappa shape index (κ3) is 2.52. The first-order chi connectivity index (χ1) is 7.65. The lowest BCUT2D eigenvalue weighted by atomic mass is 10.1. The molecule has 0 unspecified atom stereocenters. The number of aromatic amines is 2.